The van der Waals surface area contributed by atoms with Crippen LogP contribution in [-0.2, 0) is 5.75 Å². The summed E-state index contributed by atoms with van der Waals surface area (Å²) in [5.74, 6) is 1.88. The molecule has 1 aromatic heterocycles. The predicted molar refractivity (Wildman–Crippen MR) is 65.1 cm³/mol. The standard InChI is InChI=1S/C12H12N2OS/c1-3-12-13-11(14-15-12)8-16-10-6-4-9(2)5-7-10/h3-7H,1,8H2,2H3. The van der Waals surface area contributed by atoms with E-state index in [4.69, 9.17) is 4.52 Å². The molecule has 3 nitrogen and oxygen atoms in total. The Morgan fingerprint density at radius 1 is 1.38 bits per heavy atom. The summed E-state index contributed by atoms with van der Waals surface area (Å²) in [6.07, 6.45) is 1.55. The smallest absolute Gasteiger partial charge is 0.250 e. The highest BCUT2D eigenvalue weighted by atomic mass is 32.2. The summed E-state index contributed by atoms with van der Waals surface area (Å²) in [6, 6.07) is 8.37. The fourth-order valence-corrected chi connectivity index (χ4v) is 1.93. The first-order chi connectivity index (χ1) is 7.78. The maximum atomic E-state index is 4.93. The third kappa shape index (κ3) is 2.73. The van der Waals surface area contributed by atoms with E-state index in [-0.39, 0.29) is 0 Å². The number of hydrogen-bond acceptors (Lipinski definition) is 4. The molecule has 0 unspecified atom stereocenters. The van der Waals surface area contributed by atoms with Crippen LogP contribution in [0.2, 0.25) is 0 Å². The molecule has 2 aromatic rings. The second-order valence-electron chi connectivity index (χ2n) is 3.35. The molecular weight excluding hydrogens is 220 g/mol. The van der Waals surface area contributed by atoms with E-state index in [2.05, 4.69) is 47.9 Å². The van der Waals surface area contributed by atoms with Crippen LogP contribution < -0.4 is 0 Å². The van der Waals surface area contributed by atoms with Crippen LogP contribution in [0.25, 0.3) is 6.08 Å². The van der Waals surface area contributed by atoms with Gasteiger partial charge in [-0.3, -0.25) is 0 Å². The van der Waals surface area contributed by atoms with Crippen LogP contribution in [0.5, 0.6) is 0 Å². The molecule has 0 aliphatic carbocycles. The summed E-state index contributed by atoms with van der Waals surface area (Å²) in [6.45, 7) is 5.64. The minimum atomic E-state index is 0.472. The van der Waals surface area contributed by atoms with Gasteiger partial charge in [-0.2, -0.15) is 4.98 Å². The van der Waals surface area contributed by atoms with Crippen molar-refractivity contribution in [3.05, 3.63) is 48.1 Å². The normalized spacial score (nSPS) is 10.3. The van der Waals surface area contributed by atoms with Gasteiger partial charge in [0.15, 0.2) is 5.82 Å². The van der Waals surface area contributed by atoms with E-state index in [1.54, 1.807) is 17.8 Å². The van der Waals surface area contributed by atoms with Crippen molar-refractivity contribution in [3.8, 4) is 0 Å². The Bertz CT molecular complexity index is 476. The highest BCUT2D eigenvalue weighted by molar-refractivity contribution is 7.98. The Morgan fingerprint density at radius 2 is 2.12 bits per heavy atom. The van der Waals surface area contributed by atoms with Gasteiger partial charge in [0.2, 0.25) is 5.89 Å². The molecule has 0 N–H and O–H groups in total. The predicted octanol–water partition coefficient (Wildman–Crippen LogP) is 3.31. The van der Waals surface area contributed by atoms with Crippen LogP contribution in [0.1, 0.15) is 17.3 Å². The van der Waals surface area contributed by atoms with Gasteiger partial charge in [-0.25, -0.2) is 0 Å². The Hall–Kier alpha value is -1.55. The summed E-state index contributed by atoms with van der Waals surface area (Å²) in [7, 11) is 0. The van der Waals surface area contributed by atoms with E-state index >= 15 is 0 Å². The van der Waals surface area contributed by atoms with E-state index in [9.17, 15) is 0 Å². The molecule has 0 aliphatic rings. The lowest BCUT2D eigenvalue weighted by atomic mass is 10.2. The van der Waals surface area contributed by atoms with Gasteiger partial charge in [0.1, 0.15) is 0 Å². The van der Waals surface area contributed by atoms with Crippen LogP contribution in [0.4, 0.5) is 0 Å². The van der Waals surface area contributed by atoms with Gasteiger partial charge in [0, 0.05) is 4.90 Å². The van der Waals surface area contributed by atoms with Crippen molar-refractivity contribution in [2.45, 2.75) is 17.6 Å². The highest BCUT2D eigenvalue weighted by Crippen LogP contribution is 2.21. The Morgan fingerprint density at radius 3 is 2.75 bits per heavy atom. The zero-order valence-corrected chi connectivity index (χ0v) is 9.83. The third-order valence-corrected chi connectivity index (χ3v) is 3.06. The van der Waals surface area contributed by atoms with Crippen molar-refractivity contribution >= 4 is 17.8 Å². The van der Waals surface area contributed by atoms with Crippen LogP contribution in [0, 0.1) is 6.92 Å². The zero-order chi connectivity index (χ0) is 11.4. The van der Waals surface area contributed by atoms with Gasteiger partial charge in [0.05, 0.1) is 5.75 Å². The minimum absolute atomic E-state index is 0.472. The summed E-state index contributed by atoms with van der Waals surface area (Å²) >= 11 is 1.69. The second-order valence-corrected chi connectivity index (χ2v) is 4.40. The van der Waals surface area contributed by atoms with E-state index < -0.39 is 0 Å². The van der Waals surface area contributed by atoms with E-state index in [1.165, 1.54) is 10.5 Å². The summed E-state index contributed by atoms with van der Waals surface area (Å²) in [4.78, 5) is 5.35. The molecule has 0 fully saturated rings. The first-order valence-electron chi connectivity index (χ1n) is 4.92. The van der Waals surface area contributed by atoms with Gasteiger partial charge in [-0.1, -0.05) is 29.4 Å². The molecule has 0 aliphatic heterocycles. The summed E-state index contributed by atoms with van der Waals surface area (Å²) in [5, 5.41) is 3.84. The fourth-order valence-electron chi connectivity index (χ4n) is 1.19. The maximum absolute atomic E-state index is 4.93. The minimum Gasteiger partial charge on any atom is -0.335 e. The second kappa shape index (κ2) is 4.99. The molecule has 2 rings (SSSR count). The highest BCUT2D eigenvalue weighted by Gasteiger charge is 2.03. The summed E-state index contributed by atoms with van der Waals surface area (Å²) < 4.78 is 4.93. The summed E-state index contributed by atoms with van der Waals surface area (Å²) in [5.41, 5.74) is 1.26. The average Bonchev–Trinajstić information content (AvgIpc) is 2.76. The molecule has 0 atom stereocenters. The number of benzene rings is 1. The molecule has 1 aromatic carbocycles. The van der Waals surface area contributed by atoms with Gasteiger partial charge in [-0.05, 0) is 25.1 Å². The van der Waals surface area contributed by atoms with E-state index in [0.29, 0.717) is 17.5 Å². The average molecular weight is 232 g/mol. The monoisotopic (exact) mass is 232 g/mol. The number of aryl methyl sites for hydroxylation is 1. The van der Waals surface area contributed by atoms with Crippen molar-refractivity contribution in [1.82, 2.24) is 10.1 Å². The molecule has 16 heavy (non-hydrogen) atoms. The maximum Gasteiger partial charge on any atom is 0.250 e. The van der Waals surface area contributed by atoms with Crippen molar-refractivity contribution in [3.63, 3.8) is 0 Å². The Balaban J connectivity index is 1.96. The quantitative estimate of drug-likeness (QED) is 0.758. The van der Waals surface area contributed by atoms with Crippen molar-refractivity contribution in [2.75, 3.05) is 0 Å². The third-order valence-electron chi connectivity index (χ3n) is 2.05. The number of rotatable bonds is 4. The SMILES string of the molecule is C=Cc1nc(CSc2ccc(C)cc2)no1. The topological polar surface area (TPSA) is 38.9 Å². The number of thioether (sulfide) groups is 1. The van der Waals surface area contributed by atoms with Crippen molar-refractivity contribution < 1.29 is 4.52 Å². The van der Waals surface area contributed by atoms with Gasteiger partial charge >= 0.3 is 0 Å². The Kier molecular flexibility index (Phi) is 3.41. The first-order valence-corrected chi connectivity index (χ1v) is 5.91. The van der Waals surface area contributed by atoms with Gasteiger partial charge < -0.3 is 4.52 Å². The van der Waals surface area contributed by atoms with Gasteiger partial charge in [-0.15, -0.1) is 11.8 Å². The van der Waals surface area contributed by atoms with Crippen LogP contribution >= 0.6 is 11.8 Å². The molecule has 1 heterocycles. The van der Waals surface area contributed by atoms with Crippen LogP contribution in [0.3, 0.4) is 0 Å². The van der Waals surface area contributed by atoms with E-state index in [1.807, 2.05) is 0 Å². The lowest BCUT2D eigenvalue weighted by Crippen LogP contribution is -1.83. The van der Waals surface area contributed by atoms with Gasteiger partial charge in [0.25, 0.3) is 0 Å². The van der Waals surface area contributed by atoms with Crippen molar-refractivity contribution in [1.29, 1.82) is 0 Å². The molecular formula is C12H12N2OS. The molecule has 0 spiro atoms. The molecule has 0 saturated carbocycles. The van der Waals surface area contributed by atoms with Crippen LogP contribution in [0.15, 0.2) is 40.3 Å². The number of aromatic nitrogens is 2. The molecule has 0 bridgehead atoms. The fraction of sp³-hybridized carbons (Fsp3) is 0.167. The number of hydrogen-bond donors (Lipinski definition) is 0. The van der Waals surface area contributed by atoms with E-state index in [0.717, 1.165) is 0 Å². The molecule has 0 radical (unpaired) electrons. The molecule has 82 valence electrons. The number of nitrogens with zero attached hydrogens (tertiary/aromatic N) is 2. The molecule has 0 amide bonds. The lowest BCUT2D eigenvalue weighted by molar-refractivity contribution is 0.405. The largest absolute Gasteiger partial charge is 0.335 e. The Labute approximate surface area is 98.6 Å². The van der Waals surface area contributed by atoms with Crippen molar-refractivity contribution in [2.24, 2.45) is 0 Å². The molecule has 0 saturated heterocycles. The van der Waals surface area contributed by atoms with Crippen LogP contribution in [-0.4, -0.2) is 10.1 Å². The molecule has 4 heteroatoms. The lowest BCUT2D eigenvalue weighted by Gasteiger charge is -1.98. The zero-order valence-electron chi connectivity index (χ0n) is 9.01. The first kappa shape index (κ1) is 11.0.